The van der Waals surface area contributed by atoms with Gasteiger partial charge >= 0.3 is 0 Å². The molecule has 118 valence electrons. The first-order valence-corrected chi connectivity index (χ1v) is 8.09. The number of rotatable bonds is 7. The summed E-state index contributed by atoms with van der Waals surface area (Å²) in [4.78, 5) is 13.2. The van der Waals surface area contributed by atoms with Crippen LogP contribution in [-0.2, 0) is 9.53 Å². The van der Waals surface area contributed by atoms with Crippen molar-refractivity contribution in [2.75, 3.05) is 7.11 Å². The molecule has 4 nitrogen and oxygen atoms in total. The predicted octanol–water partition coefficient (Wildman–Crippen LogP) is 3.06. The summed E-state index contributed by atoms with van der Waals surface area (Å²) >= 11 is 1.51. The minimum Gasteiger partial charge on any atom is -0.387 e. The molecular weight excluding hydrogens is 298 g/mol. The Kier molecular flexibility index (Phi) is 6.12. The van der Waals surface area contributed by atoms with Crippen LogP contribution in [0, 0.1) is 0 Å². The third-order valence-electron chi connectivity index (χ3n) is 3.41. The first kappa shape index (κ1) is 16.7. The molecule has 1 amide bonds. The predicted molar refractivity (Wildman–Crippen MR) is 87.7 cm³/mol. The van der Waals surface area contributed by atoms with E-state index in [2.05, 4.69) is 5.32 Å². The average Bonchev–Trinajstić information content (AvgIpc) is 3.03. The van der Waals surface area contributed by atoms with E-state index in [1.165, 1.54) is 18.4 Å². The van der Waals surface area contributed by atoms with Crippen LogP contribution in [0.1, 0.15) is 36.0 Å². The number of aliphatic hydroxyl groups is 1. The molecule has 0 aliphatic rings. The van der Waals surface area contributed by atoms with Gasteiger partial charge in [0.25, 0.3) is 5.91 Å². The second-order valence-corrected chi connectivity index (χ2v) is 6.18. The monoisotopic (exact) mass is 319 g/mol. The third-order valence-corrected chi connectivity index (χ3v) is 4.39. The van der Waals surface area contributed by atoms with Crippen LogP contribution in [0.4, 0.5) is 0 Å². The molecule has 0 spiro atoms. The first-order valence-electron chi connectivity index (χ1n) is 7.21. The van der Waals surface area contributed by atoms with E-state index in [1.807, 2.05) is 54.8 Å². The number of thiophene rings is 1. The summed E-state index contributed by atoms with van der Waals surface area (Å²) in [6.07, 6.45) is -0.729. The third kappa shape index (κ3) is 4.40. The molecule has 0 aliphatic heterocycles. The largest absolute Gasteiger partial charge is 0.387 e. The van der Waals surface area contributed by atoms with Crippen LogP contribution < -0.4 is 5.32 Å². The van der Waals surface area contributed by atoms with Gasteiger partial charge in [0, 0.05) is 18.0 Å². The maximum Gasteiger partial charge on any atom is 0.253 e. The van der Waals surface area contributed by atoms with E-state index in [0.717, 1.165) is 10.4 Å². The molecule has 0 aliphatic carbocycles. The maximum atomic E-state index is 12.3. The van der Waals surface area contributed by atoms with Crippen molar-refractivity contribution in [1.29, 1.82) is 0 Å². The maximum absolute atomic E-state index is 12.3. The van der Waals surface area contributed by atoms with Crippen LogP contribution in [0.15, 0.2) is 47.8 Å². The van der Waals surface area contributed by atoms with Gasteiger partial charge in [-0.3, -0.25) is 4.79 Å². The Bertz CT molecular complexity index is 571. The molecule has 1 aromatic carbocycles. The van der Waals surface area contributed by atoms with E-state index in [1.54, 1.807) is 0 Å². The summed E-state index contributed by atoms with van der Waals surface area (Å²) in [6, 6.07) is 13.0. The lowest BCUT2D eigenvalue weighted by Crippen LogP contribution is -2.37. The SMILES string of the molecule is COC(C(=O)NC(C)CC(O)c1cccs1)c1ccccc1. The average molecular weight is 319 g/mol. The van der Waals surface area contributed by atoms with Crippen LogP contribution in [-0.4, -0.2) is 24.2 Å². The molecule has 2 aromatic rings. The van der Waals surface area contributed by atoms with Crippen LogP contribution in [0.5, 0.6) is 0 Å². The summed E-state index contributed by atoms with van der Waals surface area (Å²) < 4.78 is 5.30. The van der Waals surface area contributed by atoms with Gasteiger partial charge in [0.05, 0.1) is 6.10 Å². The zero-order chi connectivity index (χ0) is 15.9. The molecule has 2 rings (SSSR count). The molecule has 0 bridgehead atoms. The van der Waals surface area contributed by atoms with Crippen LogP contribution in [0.25, 0.3) is 0 Å². The zero-order valence-corrected chi connectivity index (χ0v) is 13.5. The van der Waals surface area contributed by atoms with Gasteiger partial charge in [0.15, 0.2) is 6.10 Å². The molecule has 0 fully saturated rings. The molecule has 1 heterocycles. The van der Waals surface area contributed by atoms with Crippen molar-refractivity contribution >= 4 is 17.2 Å². The quantitative estimate of drug-likeness (QED) is 0.824. The molecule has 5 heteroatoms. The van der Waals surface area contributed by atoms with Gasteiger partial charge in [-0.25, -0.2) is 0 Å². The van der Waals surface area contributed by atoms with E-state index in [-0.39, 0.29) is 11.9 Å². The smallest absolute Gasteiger partial charge is 0.253 e. The van der Waals surface area contributed by atoms with Gasteiger partial charge < -0.3 is 15.2 Å². The van der Waals surface area contributed by atoms with Crippen LogP contribution in [0.3, 0.4) is 0 Å². The Morgan fingerprint density at radius 2 is 2.00 bits per heavy atom. The molecule has 0 saturated heterocycles. The van der Waals surface area contributed by atoms with Crippen LogP contribution >= 0.6 is 11.3 Å². The Morgan fingerprint density at radius 3 is 2.59 bits per heavy atom. The van der Waals surface area contributed by atoms with Crippen LogP contribution in [0.2, 0.25) is 0 Å². The molecule has 0 saturated carbocycles. The number of hydrogen-bond donors (Lipinski definition) is 2. The normalized spacial score (nSPS) is 15.0. The number of amides is 1. The fraction of sp³-hybridized carbons (Fsp3) is 0.353. The van der Waals surface area contributed by atoms with Crippen molar-refractivity contribution in [1.82, 2.24) is 5.32 Å². The summed E-state index contributed by atoms with van der Waals surface area (Å²) in [5.74, 6) is -0.195. The second kappa shape index (κ2) is 8.08. The molecule has 2 N–H and O–H groups in total. The minimum absolute atomic E-state index is 0.147. The fourth-order valence-electron chi connectivity index (χ4n) is 2.33. The topological polar surface area (TPSA) is 58.6 Å². The lowest BCUT2D eigenvalue weighted by Gasteiger charge is -2.21. The fourth-order valence-corrected chi connectivity index (χ4v) is 3.06. The highest BCUT2D eigenvalue weighted by Crippen LogP contribution is 2.23. The highest BCUT2D eigenvalue weighted by molar-refractivity contribution is 7.10. The highest BCUT2D eigenvalue weighted by atomic mass is 32.1. The van der Waals surface area contributed by atoms with Crippen molar-refractivity contribution in [3.8, 4) is 0 Å². The number of ether oxygens (including phenoxy) is 1. The summed E-state index contributed by atoms with van der Waals surface area (Å²) in [7, 11) is 1.52. The van der Waals surface area contributed by atoms with Gasteiger partial charge in [-0.1, -0.05) is 36.4 Å². The first-order chi connectivity index (χ1) is 10.6. The Balaban J connectivity index is 1.92. The van der Waals surface area contributed by atoms with E-state index in [9.17, 15) is 9.90 Å². The summed E-state index contributed by atoms with van der Waals surface area (Å²) in [5, 5.41) is 15.0. The van der Waals surface area contributed by atoms with Crippen molar-refractivity contribution in [3.05, 3.63) is 58.3 Å². The van der Waals surface area contributed by atoms with Gasteiger partial charge in [0.2, 0.25) is 0 Å². The van der Waals surface area contributed by atoms with Gasteiger partial charge in [-0.05, 0) is 30.4 Å². The number of aliphatic hydroxyl groups excluding tert-OH is 1. The zero-order valence-electron chi connectivity index (χ0n) is 12.7. The van der Waals surface area contributed by atoms with E-state index < -0.39 is 12.2 Å². The molecule has 3 unspecified atom stereocenters. The van der Waals surface area contributed by atoms with Crippen molar-refractivity contribution < 1.29 is 14.6 Å². The molecule has 22 heavy (non-hydrogen) atoms. The number of benzene rings is 1. The lowest BCUT2D eigenvalue weighted by molar-refractivity contribution is -0.132. The van der Waals surface area contributed by atoms with E-state index in [0.29, 0.717) is 6.42 Å². The molecule has 0 radical (unpaired) electrons. The van der Waals surface area contributed by atoms with E-state index in [4.69, 9.17) is 4.74 Å². The van der Waals surface area contributed by atoms with Crippen molar-refractivity contribution in [3.63, 3.8) is 0 Å². The Morgan fingerprint density at radius 1 is 1.27 bits per heavy atom. The highest BCUT2D eigenvalue weighted by Gasteiger charge is 2.22. The number of methoxy groups -OCH3 is 1. The van der Waals surface area contributed by atoms with Crippen molar-refractivity contribution in [2.24, 2.45) is 0 Å². The number of nitrogens with one attached hydrogen (secondary N) is 1. The van der Waals surface area contributed by atoms with Gasteiger partial charge in [-0.2, -0.15) is 0 Å². The Hall–Kier alpha value is -1.69. The van der Waals surface area contributed by atoms with E-state index >= 15 is 0 Å². The molecular formula is C17H21NO3S. The van der Waals surface area contributed by atoms with Gasteiger partial charge in [0.1, 0.15) is 0 Å². The molecule has 1 aromatic heterocycles. The summed E-state index contributed by atoms with van der Waals surface area (Å²) in [5.41, 5.74) is 0.813. The minimum atomic E-state index is -0.637. The second-order valence-electron chi connectivity index (χ2n) is 5.20. The Labute approximate surface area is 134 Å². The lowest BCUT2D eigenvalue weighted by atomic mass is 10.1. The number of carbonyl (C=O) groups excluding carboxylic acids is 1. The van der Waals surface area contributed by atoms with Crippen molar-refractivity contribution in [2.45, 2.75) is 31.6 Å². The molecule has 3 atom stereocenters. The number of carbonyl (C=O) groups is 1. The summed E-state index contributed by atoms with van der Waals surface area (Å²) in [6.45, 7) is 1.88. The number of hydrogen-bond acceptors (Lipinski definition) is 4. The van der Waals surface area contributed by atoms with Gasteiger partial charge in [-0.15, -0.1) is 11.3 Å². The standard InChI is InChI=1S/C17H21NO3S/c1-12(11-14(19)15-9-6-10-22-15)18-17(20)16(21-2)13-7-4-3-5-8-13/h3-10,12,14,16,19H,11H2,1-2H3,(H,18,20).